The first-order chi connectivity index (χ1) is 9.99. The molecule has 1 aliphatic carbocycles. The Morgan fingerprint density at radius 1 is 1.14 bits per heavy atom. The minimum atomic E-state index is -0.116. The first kappa shape index (κ1) is 16.1. The first-order valence-electron chi connectivity index (χ1n) is 8.47. The SMILES string of the molecule is CCCC1CCC(C#N)(Cc2c(C)cc(C)cc2C)CC1. The standard InChI is InChI=1S/C20H29N/c1-5-6-18-7-9-20(14-21,10-8-18)13-19-16(3)11-15(2)12-17(19)4/h11-12,18H,5-10,13H2,1-4H3. The van der Waals surface area contributed by atoms with Crippen molar-refractivity contribution >= 4 is 0 Å². The van der Waals surface area contributed by atoms with E-state index in [2.05, 4.69) is 45.9 Å². The van der Waals surface area contributed by atoms with Crippen LogP contribution in [0.25, 0.3) is 0 Å². The maximum atomic E-state index is 9.81. The maximum Gasteiger partial charge on any atom is 0.0693 e. The highest BCUT2D eigenvalue weighted by atomic mass is 14.4. The largest absolute Gasteiger partial charge is 0.198 e. The molecule has 0 heterocycles. The zero-order chi connectivity index (χ0) is 15.5. The van der Waals surface area contributed by atoms with Crippen LogP contribution >= 0.6 is 0 Å². The minimum Gasteiger partial charge on any atom is -0.198 e. The highest BCUT2D eigenvalue weighted by Gasteiger charge is 2.36. The highest BCUT2D eigenvalue weighted by Crippen LogP contribution is 2.43. The number of nitrogens with zero attached hydrogens (tertiary/aromatic N) is 1. The highest BCUT2D eigenvalue weighted by molar-refractivity contribution is 5.39. The Labute approximate surface area is 130 Å². The molecule has 114 valence electrons. The first-order valence-corrected chi connectivity index (χ1v) is 8.47. The molecular weight excluding hydrogens is 254 g/mol. The van der Waals surface area contributed by atoms with E-state index in [0.717, 1.165) is 25.2 Å². The van der Waals surface area contributed by atoms with Crippen molar-refractivity contribution in [3.05, 3.63) is 34.4 Å². The van der Waals surface area contributed by atoms with Crippen molar-refractivity contribution in [2.45, 2.75) is 72.6 Å². The number of hydrogen-bond acceptors (Lipinski definition) is 1. The molecule has 21 heavy (non-hydrogen) atoms. The Morgan fingerprint density at radius 3 is 2.19 bits per heavy atom. The van der Waals surface area contributed by atoms with Gasteiger partial charge in [0.05, 0.1) is 11.5 Å². The monoisotopic (exact) mass is 283 g/mol. The summed E-state index contributed by atoms with van der Waals surface area (Å²) in [6.45, 7) is 8.82. The fraction of sp³-hybridized carbons (Fsp3) is 0.650. The molecule has 0 aromatic heterocycles. The quantitative estimate of drug-likeness (QED) is 0.700. The molecule has 0 saturated heterocycles. The van der Waals surface area contributed by atoms with Gasteiger partial charge in [-0.15, -0.1) is 0 Å². The summed E-state index contributed by atoms with van der Waals surface area (Å²) in [4.78, 5) is 0. The van der Waals surface area contributed by atoms with Crippen LogP contribution in [0.15, 0.2) is 12.1 Å². The summed E-state index contributed by atoms with van der Waals surface area (Å²) in [5.74, 6) is 0.858. The molecule has 0 unspecified atom stereocenters. The lowest BCUT2D eigenvalue weighted by molar-refractivity contribution is 0.200. The van der Waals surface area contributed by atoms with Gasteiger partial charge in [0.1, 0.15) is 0 Å². The third-order valence-corrected chi connectivity index (χ3v) is 5.35. The summed E-state index contributed by atoms with van der Waals surface area (Å²) in [7, 11) is 0. The minimum absolute atomic E-state index is 0.116. The molecule has 1 fully saturated rings. The van der Waals surface area contributed by atoms with Gasteiger partial charge in [0, 0.05) is 0 Å². The predicted octanol–water partition coefficient (Wildman–Crippen LogP) is 5.65. The second-order valence-corrected chi connectivity index (χ2v) is 7.18. The van der Waals surface area contributed by atoms with Crippen LogP contribution in [0.3, 0.4) is 0 Å². The number of nitriles is 1. The summed E-state index contributed by atoms with van der Waals surface area (Å²) in [5, 5.41) is 9.81. The fourth-order valence-corrected chi connectivity index (χ4v) is 4.08. The van der Waals surface area contributed by atoms with Crippen LogP contribution in [0, 0.1) is 43.4 Å². The number of rotatable bonds is 4. The molecule has 0 atom stereocenters. The third kappa shape index (κ3) is 3.67. The maximum absolute atomic E-state index is 9.81. The number of hydrogen-bond donors (Lipinski definition) is 0. The van der Waals surface area contributed by atoms with E-state index in [9.17, 15) is 5.26 Å². The molecule has 2 rings (SSSR count). The van der Waals surface area contributed by atoms with Gasteiger partial charge in [-0.25, -0.2) is 0 Å². The van der Waals surface area contributed by atoms with E-state index in [1.807, 2.05) is 0 Å². The van der Waals surface area contributed by atoms with E-state index in [-0.39, 0.29) is 5.41 Å². The summed E-state index contributed by atoms with van der Waals surface area (Å²) in [6.07, 6.45) is 8.21. The summed E-state index contributed by atoms with van der Waals surface area (Å²) in [5.41, 5.74) is 5.34. The molecule has 1 aromatic rings. The lowest BCUT2D eigenvalue weighted by Gasteiger charge is -2.36. The molecule has 1 heteroatoms. The second-order valence-electron chi connectivity index (χ2n) is 7.18. The van der Waals surface area contributed by atoms with E-state index in [0.29, 0.717) is 0 Å². The Balaban J connectivity index is 2.16. The van der Waals surface area contributed by atoms with Crippen LogP contribution in [-0.4, -0.2) is 0 Å². The van der Waals surface area contributed by atoms with Crippen LogP contribution in [0.5, 0.6) is 0 Å². The zero-order valence-corrected chi connectivity index (χ0v) is 14.1. The van der Waals surface area contributed by atoms with Gasteiger partial charge in [-0.3, -0.25) is 0 Å². The number of benzene rings is 1. The van der Waals surface area contributed by atoms with Crippen molar-refractivity contribution in [2.24, 2.45) is 11.3 Å². The lowest BCUT2D eigenvalue weighted by Crippen LogP contribution is -2.29. The molecule has 1 nitrogen and oxygen atoms in total. The normalized spacial score (nSPS) is 25.6. The van der Waals surface area contributed by atoms with Crippen molar-refractivity contribution in [1.82, 2.24) is 0 Å². The molecular formula is C20H29N. The average Bonchev–Trinajstić information content (AvgIpc) is 2.45. The van der Waals surface area contributed by atoms with Gasteiger partial charge in [-0.2, -0.15) is 5.26 Å². The van der Waals surface area contributed by atoms with E-state index in [4.69, 9.17) is 0 Å². The lowest BCUT2D eigenvalue weighted by atomic mass is 9.67. The van der Waals surface area contributed by atoms with E-state index in [1.165, 1.54) is 47.9 Å². The molecule has 1 aliphatic rings. The van der Waals surface area contributed by atoms with E-state index >= 15 is 0 Å². The van der Waals surface area contributed by atoms with Gasteiger partial charge >= 0.3 is 0 Å². The zero-order valence-electron chi connectivity index (χ0n) is 14.1. The van der Waals surface area contributed by atoms with Gasteiger partial charge in [0.15, 0.2) is 0 Å². The van der Waals surface area contributed by atoms with Crippen LogP contribution < -0.4 is 0 Å². The second kappa shape index (κ2) is 6.65. The fourth-order valence-electron chi connectivity index (χ4n) is 4.08. The van der Waals surface area contributed by atoms with Crippen molar-refractivity contribution in [2.75, 3.05) is 0 Å². The van der Waals surface area contributed by atoms with Gasteiger partial charge in [-0.1, -0.05) is 37.5 Å². The van der Waals surface area contributed by atoms with Crippen LogP contribution in [0.1, 0.15) is 67.7 Å². The van der Waals surface area contributed by atoms with Gasteiger partial charge in [-0.05, 0) is 75.5 Å². The number of aryl methyl sites for hydroxylation is 3. The third-order valence-electron chi connectivity index (χ3n) is 5.35. The molecule has 0 spiro atoms. The Bertz CT molecular complexity index is 504. The average molecular weight is 283 g/mol. The molecule has 0 aliphatic heterocycles. The topological polar surface area (TPSA) is 23.8 Å². The van der Waals surface area contributed by atoms with Crippen molar-refractivity contribution in [3.8, 4) is 6.07 Å². The molecule has 1 saturated carbocycles. The smallest absolute Gasteiger partial charge is 0.0693 e. The van der Waals surface area contributed by atoms with E-state index < -0.39 is 0 Å². The van der Waals surface area contributed by atoms with Crippen molar-refractivity contribution in [3.63, 3.8) is 0 Å². The van der Waals surface area contributed by atoms with Crippen molar-refractivity contribution < 1.29 is 0 Å². The van der Waals surface area contributed by atoms with Crippen LogP contribution in [-0.2, 0) is 6.42 Å². The Kier molecular flexibility index (Phi) is 5.09. The molecule has 0 bridgehead atoms. The van der Waals surface area contributed by atoms with Crippen molar-refractivity contribution in [1.29, 1.82) is 5.26 Å². The van der Waals surface area contributed by atoms with Gasteiger partial charge in [0.2, 0.25) is 0 Å². The Morgan fingerprint density at radius 2 is 1.71 bits per heavy atom. The van der Waals surface area contributed by atoms with Crippen LogP contribution in [0.4, 0.5) is 0 Å². The molecule has 0 amide bonds. The van der Waals surface area contributed by atoms with Gasteiger partial charge in [0.25, 0.3) is 0 Å². The predicted molar refractivity (Wildman–Crippen MR) is 89.3 cm³/mol. The van der Waals surface area contributed by atoms with Gasteiger partial charge < -0.3 is 0 Å². The molecule has 1 aromatic carbocycles. The summed E-state index contributed by atoms with van der Waals surface area (Å²) >= 11 is 0. The van der Waals surface area contributed by atoms with Crippen LogP contribution in [0.2, 0.25) is 0 Å². The summed E-state index contributed by atoms with van der Waals surface area (Å²) < 4.78 is 0. The Hall–Kier alpha value is -1.29. The summed E-state index contributed by atoms with van der Waals surface area (Å²) in [6, 6.07) is 7.22. The molecule has 0 N–H and O–H groups in total. The van der Waals surface area contributed by atoms with E-state index in [1.54, 1.807) is 0 Å². The molecule has 0 radical (unpaired) electrons.